The summed E-state index contributed by atoms with van der Waals surface area (Å²) in [4.78, 5) is 27.9. The van der Waals surface area contributed by atoms with E-state index in [0.717, 1.165) is 0 Å². The van der Waals surface area contributed by atoms with E-state index in [0.29, 0.717) is 5.56 Å². The number of hydrogen-bond donors (Lipinski definition) is 3. The van der Waals surface area contributed by atoms with Gasteiger partial charge in [0.25, 0.3) is 0 Å². The van der Waals surface area contributed by atoms with Gasteiger partial charge in [0.2, 0.25) is 0 Å². The summed E-state index contributed by atoms with van der Waals surface area (Å²) >= 11 is 0. The lowest BCUT2D eigenvalue weighted by atomic mass is 10.1. The van der Waals surface area contributed by atoms with Crippen LogP contribution in [0.1, 0.15) is 5.56 Å². The summed E-state index contributed by atoms with van der Waals surface area (Å²) in [6.07, 6.45) is -0.0864. The molecule has 0 bridgehead atoms. The summed E-state index contributed by atoms with van der Waals surface area (Å²) in [7, 11) is -5.88. The van der Waals surface area contributed by atoms with Crippen molar-refractivity contribution >= 4 is 13.6 Å². The molecule has 4 N–H and O–H groups in total. The molecule has 0 heterocycles. The van der Waals surface area contributed by atoms with Crippen molar-refractivity contribution in [3.63, 3.8) is 0 Å². The Hall–Kier alpha value is -1.34. The Morgan fingerprint density at radius 1 is 1.37 bits per heavy atom. The van der Waals surface area contributed by atoms with Gasteiger partial charge in [-0.3, -0.25) is 4.79 Å². The van der Waals surface area contributed by atoms with E-state index < -0.39 is 25.5 Å². The lowest BCUT2D eigenvalue weighted by Gasteiger charge is -2.19. The van der Waals surface area contributed by atoms with Gasteiger partial charge in [-0.05, 0) is 12.0 Å². The number of halogens is 2. The van der Waals surface area contributed by atoms with Gasteiger partial charge in [0.1, 0.15) is 6.04 Å². The molecule has 106 valence electrons. The van der Waals surface area contributed by atoms with Crippen molar-refractivity contribution in [1.29, 1.82) is 0 Å². The first kappa shape index (κ1) is 15.7. The molecule has 9 heteroatoms. The minimum atomic E-state index is -5.88. The normalized spacial score (nSPS) is 13.9. The van der Waals surface area contributed by atoms with E-state index >= 15 is 0 Å². The maximum absolute atomic E-state index is 12.8. The average Bonchev–Trinajstić information content (AvgIpc) is 2.28. The fraction of sp³-hybridized carbons (Fsp3) is 0.300. The van der Waals surface area contributed by atoms with E-state index in [1.165, 1.54) is 0 Å². The topological polar surface area (TPSA) is 110 Å². The van der Waals surface area contributed by atoms with Crippen LogP contribution in [0.2, 0.25) is 0 Å². The van der Waals surface area contributed by atoms with Crippen molar-refractivity contribution in [1.82, 2.24) is 0 Å². The average molecular weight is 295 g/mol. The van der Waals surface area contributed by atoms with E-state index in [9.17, 15) is 18.1 Å². The van der Waals surface area contributed by atoms with Crippen molar-refractivity contribution in [2.45, 2.75) is 18.3 Å². The Bertz CT molecular complexity index is 490. The molecule has 0 radical (unpaired) electrons. The van der Waals surface area contributed by atoms with Crippen LogP contribution in [0, 0.1) is 0 Å². The first-order valence-electron chi connectivity index (χ1n) is 5.09. The van der Waals surface area contributed by atoms with Crippen molar-refractivity contribution in [2.24, 2.45) is 5.73 Å². The number of benzene rings is 1. The van der Waals surface area contributed by atoms with Crippen LogP contribution in [0.25, 0.3) is 0 Å². The summed E-state index contributed by atoms with van der Waals surface area (Å²) in [5.41, 5.74) is 5.94. The second kappa shape index (κ2) is 5.75. The summed E-state index contributed by atoms with van der Waals surface area (Å²) in [5.74, 6) is -6.46. The van der Waals surface area contributed by atoms with Crippen LogP contribution < -0.4 is 5.73 Å². The Balaban J connectivity index is 2.66. The van der Waals surface area contributed by atoms with Crippen LogP contribution in [-0.4, -0.2) is 27.6 Å². The third-order valence-corrected chi connectivity index (χ3v) is 2.93. The van der Waals surface area contributed by atoms with Gasteiger partial charge >= 0.3 is 19.4 Å². The second-order valence-electron chi connectivity index (χ2n) is 3.75. The van der Waals surface area contributed by atoms with Crippen LogP contribution in [0.4, 0.5) is 8.78 Å². The number of hydrogen-bond acceptors (Lipinski definition) is 4. The Morgan fingerprint density at radius 2 is 1.89 bits per heavy atom. The third-order valence-electron chi connectivity index (χ3n) is 2.16. The van der Waals surface area contributed by atoms with E-state index in [-0.39, 0.29) is 6.42 Å². The molecule has 0 aliphatic carbocycles. The summed E-state index contributed by atoms with van der Waals surface area (Å²) in [5, 5.41) is 0. The first-order valence-corrected chi connectivity index (χ1v) is 6.70. The number of esters is 1. The van der Waals surface area contributed by atoms with E-state index in [2.05, 4.69) is 4.74 Å². The predicted octanol–water partition coefficient (Wildman–Crippen LogP) is 0.828. The van der Waals surface area contributed by atoms with Crippen molar-refractivity contribution in [3.05, 3.63) is 35.9 Å². The highest BCUT2D eigenvalue weighted by molar-refractivity contribution is 7.52. The van der Waals surface area contributed by atoms with Gasteiger partial charge in [-0.1, -0.05) is 30.3 Å². The molecule has 0 aliphatic rings. The number of rotatable bonds is 5. The molecule has 0 unspecified atom stereocenters. The summed E-state index contributed by atoms with van der Waals surface area (Å²) in [6, 6.07) is 6.84. The van der Waals surface area contributed by atoms with Crippen molar-refractivity contribution in [3.8, 4) is 0 Å². The maximum Gasteiger partial charge on any atom is 0.506 e. The fourth-order valence-corrected chi connectivity index (χ4v) is 1.42. The van der Waals surface area contributed by atoms with E-state index in [1.54, 1.807) is 30.3 Å². The predicted molar refractivity (Wildman–Crippen MR) is 61.2 cm³/mol. The van der Waals surface area contributed by atoms with Crippen molar-refractivity contribution < 1.29 is 32.7 Å². The molecule has 1 aromatic rings. The van der Waals surface area contributed by atoms with Gasteiger partial charge in [0, 0.05) is 0 Å². The molecule has 1 atom stereocenters. The molecule has 0 saturated carbocycles. The largest absolute Gasteiger partial charge is 0.506 e. The number of ether oxygens (including phenoxy) is 1. The lowest BCUT2D eigenvalue weighted by Crippen LogP contribution is -2.38. The molecule has 6 nitrogen and oxygen atoms in total. The van der Waals surface area contributed by atoms with Gasteiger partial charge in [-0.2, -0.15) is 8.78 Å². The molecule has 1 aromatic carbocycles. The fourth-order valence-electron chi connectivity index (χ4n) is 1.21. The van der Waals surface area contributed by atoms with E-state index in [1.807, 2.05) is 0 Å². The minimum Gasteiger partial charge on any atom is -0.390 e. The first-order chi connectivity index (χ1) is 8.63. The standard InChI is InChI=1S/C10H12F2NO5P/c11-10(12,19(15,16)17)18-9(14)8(13)6-7-4-2-1-3-5-7/h1-5,8H,6,13H2,(H2,15,16,17)/t8-/m0/s1. The number of alkyl halides is 2. The molecule has 0 saturated heterocycles. The van der Waals surface area contributed by atoms with Gasteiger partial charge < -0.3 is 20.3 Å². The highest BCUT2D eigenvalue weighted by atomic mass is 31.2. The molecular formula is C10H12F2NO5P. The van der Waals surface area contributed by atoms with E-state index in [4.69, 9.17) is 15.5 Å². The second-order valence-corrected chi connectivity index (χ2v) is 5.36. The van der Waals surface area contributed by atoms with Crippen LogP contribution in [0.5, 0.6) is 0 Å². The molecular weight excluding hydrogens is 283 g/mol. The van der Waals surface area contributed by atoms with Crippen LogP contribution in [0.15, 0.2) is 30.3 Å². The van der Waals surface area contributed by atoms with Gasteiger partial charge in [0.15, 0.2) is 0 Å². The molecule has 0 aromatic heterocycles. The Morgan fingerprint density at radius 3 is 2.37 bits per heavy atom. The van der Waals surface area contributed by atoms with Crippen LogP contribution in [-0.2, 0) is 20.5 Å². The summed E-state index contributed by atoms with van der Waals surface area (Å²) in [6.45, 7) is 0. The van der Waals surface area contributed by atoms with Gasteiger partial charge in [0.05, 0.1) is 0 Å². The van der Waals surface area contributed by atoms with Gasteiger partial charge in [-0.25, -0.2) is 4.57 Å². The number of nitrogens with two attached hydrogens (primary N) is 1. The minimum absolute atomic E-state index is 0.0864. The number of carbonyl (C=O) groups is 1. The third kappa shape index (κ3) is 4.36. The SMILES string of the molecule is N[C@@H](Cc1ccccc1)C(=O)OC(F)(F)P(=O)(O)O. The lowest BCUT2D eigenvalue weighted by molar-refractivity contribution is -0.200. The molecule has 0 amide bonds. The number of carbonyl (C=O) groups excluding carboxylic acids is 1. The monoisotopic (exact) mass is 295 g/mol. The maximum atomic E-state index is 12.8. The molecule has 0 aliphatic heterocycles. The zero-order valence-electron chi connectivity index (χ0n) is 9.57. The van der Waals surface area contributed by atoms with Crippen LogP contribution in [0.3, 0.4) is 0 Å². The quantitative estimate of drug-likeness (QED) is 0.548. The van der Waals surface area contributed by atoms with Crippen LogP contribution >= 0.6 is 7.60 Å². The zero-order chi connectivity index (χ0) is 14.7. The molecule has 0 fully saturated rings. The Labute approximate surface area is 107 Å². The highest BCUT2D eigenvalue weighted by Crippen LogP contribution is 2.53. The molecule has 0 spiro atoms. The highest BCUT2D eigenvalue weighted by Gasteiger charge is 2.54. The van der Waals surface area contributed by atoms with Crippen molar-refractivity contribution in [2.75, 3.05) is 0 Å². The molecule has 19 heavy (non-hydrogen) atoms. The smallest absolute Gasteiger partial charge is 0.390 e. The zero-order valence-corrected chi connectivity index (χ0v) is 10.5. The summed E-state index contributed by atoms with van der Waals surface area (Å²) < 4.78 is 39.5. The van der Waals surface area contributed by atoms with Gasteiger partial charge in [-0.15, -0.1) is 0 Å². The molecule has 1 rings (SSSR count). The Kier molecular flexibility index (Phi) is 4.75.